The SMILES string of the molecule is CC(C)(C)OC(=O)N1CCN(c2ccc3cn(C4CCCCC4)c(O)c3c2Cl)CC1. The quantitative estimate of drug-likeness (QED) is 0.673. The van der Waals surface area contributed by atoms with Gasteiger partial charge in [-0.1, -0.05) is 36.9 Å². The van der Waals surface area contributed by atoms with Gasteiger partial charge in [-0.3, -0.25) is 0 Å². The molecule has 7 heteroatoms. The van der Waals surface area contributed by atoms with Crippen molar-refractivity contribution in [2.75, 3.05) is 31.1 Å². The maximum absolute atomic E-state index is 12.3. The number of rotatable bonds is 2. The first kappa shape index (κ1) is 21.2. The number of carbonyl (C=O) groups is 1. The molecule has 1 saturated heterocycles. The number of carbonyl (C=O) groups excluding carboxylic acids is 1. The zero-order valence-corrected chi connectivity index (χ0v) is 18.9. The van der Waals surface area contributed by atoms with Gasteiger partial charge in [0.1, 0.15) is 5.60 Å². The molecule has 0 bridgehead atoms. The fourth-order valence-corrected chi connectivity index (χ4v) is 4.97. The van der Waals surface area contributed by atoms with Crippen LogP contribution in [0.3, 0.4) is 0 Å². The highest BCUT2D eigenvalue weighted by molar-refractivity contribution is 6.38. The molecule has 30 heavy (non-hydrogen) atoms. The molecule has 6 nitrogen and oxygen atoms in total. The average molecular weight is 434 g/mol. The second kappa shape index (κ2) is 8.22. The van der Waals surface area contributed by atoms with Crippen LogP contribution in [0.25, 0.3) is 10.8 Å². The second-order valence-corrected chi connectivity index (χ2v) is 9.85. The molecule has 2 aromatic rings. The van der Waals surface area contributed by atoms with Crippen LogP contribution < -0.4 is 4.90 Å². The van der Waals surface area contributed by atoms with E-state index < -0.39 is 5.60 Å². The predicted octanol–water partition coefficient (Wildman–Crippen LogP) is 5.56. The molecule has 164 valence electrons. The molecule has 0 atom stereocenters. The van der Waals surface area contributed by atoms with E-state index >= 15 is 0 Å². The summed E-state index contributed by atoms with van der Waals surface area (Å²) in [6.45, 7) is 8.14. The van der Waals surface area contributed by atoms with E-state index in [1.54, 1.807) is 4.90 Å². The lowest BCUT2D eigenvalue weighted by Gasteiger charge is -2.37. The van der Waals surface area contributed by atoms with Gasteiger partial charge in [-0.25, -0.2) is 4.79 Å². The van der Waals surface area contributed by atoms with Gasteiger partial charge in [-0.2, -0.15) is 0 Å². The highest BCUT2D eigenvalue weighted by atomic mass is 35.5. The van der Waals surface area contributed by atoms with E-state index in [9.17, 15) is 9.90 Å². The van der Waals surface area contributed by atoms with Gasteiger partial charge >= 0.3 is 6.09 Å². The van der Waals surface area contributed by atoms with Crippen molar-refractivity contribution < 1.29 is 14.6 Å². The van der Waals surface area contributed by atoms with Crippen molar-refractivity contribution in [1.82, 2.24) is 9.47 Å². The predicted molar refractivity (Wildman–Crippen MR) is 121 cm³/mol. The van der Waals surface area contributed by atoms with Crippen molar-refractivity contribution in [1.29, 1.82) is 0 Å². The molecule has 1 saturated carbocycles. The summed E-state index contributed by atoms with van der Waals surface area (Å²) < 4.78 is 7.50. The molecule has 0 radical (unpaired) electrons. The summed E-state index contributed by atoms with van der Waals surface area (Å²) in [7, 11) is 0. The number of halogens is 1. The molecule has 0 unspecified atom stereocenters. The van der Waals surface area contributed by atoms with Gasteiger partial charge in [0, 0.05) is 43.8 Å². The van der Waals surface area contributed by atoms with Crippen LogP contribution in [0.1, 0.15) is 58.9 Å². The number of aromatic nitrogens is 1. The highest BCUT2D eigenvalue weighted by Gasteiger charge is 2.28. The van der Waals surface area contributed by atoms with E-state index in [-0.39, 0.29) is 12.0 Å². The van der Waals surface area contributed by atoms with Crippen LogP contribution in [0.5, 0.6) is 5.88 Å². The summed E-state index contributed by atoms with van der Waals surface area (Å²) in [6.07, 6.45) is 7.66. The maximum atomic E-state index is 12.3. The van der Waals surface area contributed by atoms with Crippen LogP contribution in [-0.4, -0.2) is 52.4 Å². The minimum Gasteiger partial charge on any atom is -0.494 e. The molecule has 0 spiro atoms. The number of aromatic hydroxyl groups is 1. The van der Waals surface area contributed by atoms with E-state index in [1.807, 2.05) is 43.7 Å². The fourth-order valence-electron chi connectivity index (χ4n) is 4.59. The van der Waals surface area contributed by atoms with Gasteiger partial charge in [-0.05, 0) is 39.7 Å². The van der Waals surface area contributed by atoms with E-state index in [4.69, 9.17) is 16.3 Å². The summed E-state index contributed by atoms with van der Waals surface area (Å²) in [4.78, 5) is 16.2. The third-order valence-electron chi connectivity index (χ3n) is 6.14. The third kappa shape index (κ3) is 4.20. The summed E-state index contributed by atoms with van der Waals surface area (Å²) in [6, 6.07) is 4.41. The highest BCUT2D eigenvalue weighted by Crippen LogP contribution is 2.43. The number of hydrogen-bond donors (Lipinski definition) is 1. The summed E-state index contributed by atoms with van der Waals surface area (Å²) >= 11 is 6.80. The standard InChI is InChI=1S/C23H32ClN3O3/c1-23(2,3)30-22(29)26-13-11-25(12-14-26)18-10-9-16-15-27(17-7-5-4-6-8-17)21(28)19(16)20(18)24/h9-10,15,17,28H,4-8,11-14H2,1-3H3. The monoisotopic (exact) mass is 433 g/mol. The largest absolute Gasteiger partial charge is 0.494 e. The van der Waals surface area contributed by atoms with Crippen molar-refractivity contribution in [3.8, 4) is 5.88 Å². The first-order chi connectivity index (χ1) is 14.2. The molecule has 4 rings (SSSR count). The van der Waals surface area contributed by atoms with Crippen LogP contribution in [0.15, 0.2) is 18.3 Å². The van der Waals surface area contributed by atoms with Crippen LogP contribution >= 0.6 is 11.6 Å². The van der Waals surface area contributed by atoms with Gasteiger partial charge in [0.05, 0.1) is 16.1 Å². The lowest BCUT2D eigenvalue weighted by molar-refractivity contribution is 0.0240. The molecule has 1 aromatic heterocycles. The Bertz CT molecular complexity index is 920. The molecular weight excluding hydrogens is 402 g/mol. The molecule has 1 amide bonds. The molecule has 2 aliphatic rings. The molecule has 1 aliphatic heterocycles. The van der Waals surface area contributed by atoms with Crippen LogP contribution in [0, 0.1) is 0 Å². The zero-order valence-electron chi connectivity index (χ0n) is 18.2. The minimum absolute atomic E-state index is 0.272. The molecule has 1 aromatic carbocycles. The topological polar surface area (TPSA) is 57.9 Å². The van der Waals surface area contributed by atoms with Crippen LogP contribution in [-0.2, 0) is 4.74 Å². The molecule has 1 aliphatic carbocycles. The number of amides is 1. The lowest BCUT2D eigenvalue weighted by atomic mass is 9.95. The molecule has 2 heterocycles. The Morgan fingerprint density at radius 3 is 2.40 bits per heavy atom. The molecular formula is C23H32ClN3O3. The average Bonchev–Trinajstić information content (AvgIpc) is 3.05. The molecule has 1 N–H and O–H groups in total. The number of benzene rings is 1. The smallest absolute Gasteiger partial charge is 0.410 e. The summed E-state index contributed by atoms with van der Waals surface area (Å²) in [5.74, 6) is 0.274. The number of anilines is 1. The maximum Gasteiger partial charge on any atom is 0.410 e. The summed E-state index contributed by atoms with van der Waals surface area (Å²) in [5.41, 5.74) is 0.413. The minimum atomic E-state index is -0.494. The van der Waals surface area contributed by atoms with Crippen molar-refractivity contribution in [3.05, 3.63) is 23.4 Å². The Morgan fingerprint density at radius 2 is 1.77 bits per heavy atom. The number of nitrogens with zero attached hydrogens (tertiary/aromatic N) is 3. The zero-order chi connectivity index (χ0) is 21.5. The first-order valence-corrected chi connectivity index (χ1v) is 11.4. The van der Waals surface area contributed by atoms with Gasteiger partial charge < -0.3 is 24.2 Å². The Hall–Kier alpha value is -2.08. The lowest BCUT2D eigenvalue weighted by Crippen LogP contribution is -2.50. The van der Waals surface area contributed by atoms with Crippen LogP contribution in [0.4, 0.5) is 10.5 Å². The Labute approximate surface area is 183 Å². The van der Waals surface area contributed by atoms with Crippen molar-refractivity contribution >= 4 is 34.2 Å². The Kier molecular flexibility index (Phi) is 5.80. The first-order valence-electron chi connectivity index (χ1n) is 11.0. The molecule has 2 fully saturated rings. The van der Waals surface area contributed by atoms with Crippen molar-refractivity contribution in [2.24, 2.45) is 0 Å². The summed E-state index contributed by atoms with van der Waals surface area (Å²) in [5, 5.41) is 13.2. The Morgan fingerprint density at radius 1 is 1.10 bits per heavy atom. The number of ether oxygens (including phenoxy) is 1. The number of fused-ring (bicyclic) bond motifs is 1. The van der Waals surface area contributed by atoms with Crippen LogP contribution in [0.2, 0.25) is 5.02 Å². The van der Waals surface area contributed by atoms with E-state index in [1.165, 1.54) is 19.3 Å². The Balaban J connectivity index is 1.52. The van der Waals surface area contributed by atoms with Crippen molar-refractivity contribution in [2.45, 2.75) is 64.5 Å². The number of piperazine rings is 1. The number of hydrogen-bond acceptors (Lipinski definition) is 4. The van der Waals surface area contributed by atoms with E-state index in [0.29, 0.717) is 37.2 Å². The fraction of sp³-hybridized carbons (Fsp3) is 0.609. The van der Waals surface area contributed by atoms with Gasteiger partial charge in [0.2, 0.25) is 5.88 Å². The second-order valence-electron chi connectivity index (χ2n) is 9.47. The third-order valence-corrected chi connectivity index (χ3v) is 6.52. The van der Waals surface area contributed by atoms with Gasteiger partial charge in [-0.15, -0.1) is 0 Å². The normalized spacial score (nSPS) is 18.8. The van der Waals surface area contributed by atoms with Gasteiger partial charge in [0.15, 0.2) is 0 Å². The van der Waals surface area contributed by atoms with Gasteiger partial charge in [0.25, 0.3) is 0 Å². The van der Waals surface area contributed by atoms with Crippen molar-refractivity contribution in [3.63, 3.8) is 0 Å². The van der Waals surface area contributed by atoms with E-state index in [0.717, 1.165) is 29.3 Å². The van der Waals surface area contributed by atoms with E-state index in [2.05, 4.69) is 4.90 Å².